The minimum Gasteiger partial charge on any atom is -0.348 e. The Morgan fingerprint density at radius 1 is 1.03 bits per heavy atom. The summed E-state index contributed by atoms with van der Waals surface area (Å²) in [4.78, 5) is 17.8. The number of nitrogens with zero attached hydrogens (tertiary/aromatic N) is 2. The number of amides is 1. The highest BCUT2D eigenvalue weighted by atomic mass is 35.5. The molecule has 4 nitrogen and oxygen atoms in total. The molecule has 0 unspecified atom stereocenters. The summed E-state index contributed by atoms with van der Waals surface area (Å²) in [5.74, 6) is 0.514. The molecule has 0 bridgehead atoms. The molecule has 1 fully saturated rings. The van der Waals surface area contributed by atoms with E-state index in [1.807, 2.05) is 60.0 Å². The molecular formula is C23H23Cl2N3O. The molecule has 1 saturated carbocycles. The van der Waals surface area contributed by atoms with Crippen LogP contribution in [0.1, 0.15) is 48.3 Å². The van der Waals surface area contributed by atoms with Crippen molar-refractivity contribution >= 4 is 29.1 Å². The largest absolute Gasteiger partial charge is 0.348 e. The van der Waals surface area contributed by atoms with Crippen LogP contribution in [0.25, 0.3) is 17.1 Å². The summed E-state index contributed by atoms with van der Waals surface area (Å²) >= 11 is 12.5. The van der Waals surface area contributed by atoms with Gasteiger partial charge in [0.25, 0.3) is 5.91 Å². The molecule has 0 radical (unpaired) electrons. The first-order valence-corrected chi connectivity index (χ1v) is 10.7. The minimum absolute atomic E-state index is 0.129. The number of benzene rings is 2. The Morgan fingerprint density at radius 2 is 1.72 bits per heavy atom. The van der Waals surface area contributed by atoms with Crippen LogP contribution >= 0.6 is 23.2 Å². The lowest BCUT2D eigenvalue weighted by Gasteiger charge is -2.22. The summed E-state index contributed by atoms with van der Waals surface area (Å²) in [5.41, 5.74) is 2.87. The van der Waals surface area contributed by atoms with Gasteiger partial charge in [0.05, 0.1) is 10.7 Å². The van der Waals surface area contributed by atoms with Crippen molar-refractivity contribution in [2.24, 2.45) is 0 Å². The van der Waals surface area contributed by atoms with Crippen LogP contribution in [0, 0.1) is 6.92 Å². The maximum Gasteiger partial charge on any atom is 0.272 e. The van der Waals surface area contributed by atoms with E-state index in [1.165, 1.54) is 6.42 Å². The summed E-state index contributed by atoms with van der Waals surface area (Å²) in [7, 11) is 0. The zero-order valence-corrected chi connectivity index (χ0v) is 17.8. The standard InChI is InChI=1S/C23H23Cl2N3O/c1-15-21(23(29)26-17-7-3-2-4-8-17)27-22(19-9-5-6-10-20(19)25)28(15)18-13-11-16(24)12-14-18/h5-6,9-14,17H,2-4,7-8H2,1H3,(H,26,29). The number of rotatable bonds is 4. The fourth-order valence-electron chi connectivity index (χ4n) is 3.95. The molecule has 150 valence electrons. The number of aromatic nitrogens is 2. The molecule has 0 aliphatic heterocycles. The predicted molar refractivity (Wildman–Crippen MR) is 118 cm³/mol. The molecule has 29 heavy (non-hydrogen) atoms. The van der Waals surface area contributed by atoms with E-state index in [0.717, 1.165) is 42.6 Å². The lowest BCUT2D eigenvalue weighted by Crippen LogP contribution is -2.36. The molecule has 0 atom stereocenters. The van der Waals surface area contributed by atoms with Crippen molar-refractivity contribution in [2.75, 3.05) is 0 Å². The first kappa shape index (κ1) is 20.0. The first-order valence-electron chi connectivity index (χ1n) is 9.95. The van der Waals surface area contributed by atoms with Crippen molar-refractivity contribution in [2.45, 2.75) is 45.1 Å². The number of hydrogen-bond acceptors (Lipinski definition) is 2. The van der Waals surface area contributed by atoms with E-state index in [-0.39, 0.29) is 11.9 Å². The Labute approximate surface area is 180 Å². The Kier molecular flexibility index (Phi) is 5.93. The van der Waals surface area contributed by atoms with Crippen molar-refractivity contribution in [3.63, 3.8) is 0 Å². The van der Waals surface area contributed by atoms with Crippen LogP contribution in [0.2, 0.25) is 10.0 Å². The van der Waals surface area contributed by atoms with Gasteiger partial charge in [0, 0.05) is 22.3 Å². The second-order valence-electron chi connectivity index (χ2n) is 7.47. The van der Waals surface area contributed by atoms with Gasteiger partial charge >= 0.3 is 0 Å². The number of halogens is 2. The molecule has 3 aromatic rings. The lowest BCUT2D eigenvalue weighted by molar-refractivity contribution is 0.0922. The van der Waals surface area contributed by atoms with Crippen LogP contribution in [0.3, 0.4) is 0 Å². The molecule has 6 heteroatoms. The number of imidazole rings is 1. The SMILES string of the molecule is Cc1c(C(=O)NC2CCCCC2)nc(-c2ccccc2Cl)n1-c1ccc(Cl)cc1. The van der Waals surface area contributed by atoms with Gasteiger partial charge in [-0.15, -0.1) is 0 Å². The van der Waals surface area contributed by atoms with E-state index in [9.17, 15) is 4.79 Å². The topological polar surface area (TPSA) is 46.9 Å². The lowest BCUT2D eigenvalue weighted by atomic mass is 9.95. The second kappa shape index (κ2) is 8.60. The van der Waals surface area contributed by atoms with E-state index in [4.69, 9.17) is 28.2 Å². The molecule has 4 rings (SSSR count). The third-order valence-corrected chi connectivity index (χ3v) is 6.04. The van der Waals surface area contributed by atoms with Gasteiger partial charge < -0.3 is 5.32 Å². The van der Waals surface area contributed by atoms with E-state index >= 15 is 0 Å². The first-order chi connectivity index (χ1) is 14.0. The van der Waals surface area contributed by atoms with E-state index < -0.39 is 0 Å². The molecule has 1 N–H and O–H groups in total. The van der Waals surface area contributed by atoms with E-state index in [0.29, 0.717) is 21.6 Å². The molecule has 1 aliphatic carbocycles. The molecule has 1 aromatic heterocycles. The second-order valence-corrected chi connectivity index (χ2v) is 8.31. The Balaban J connectivity index is 1.79. The van der Waals surface area contributed by atoms with Crippen LogP contribution in [0.5, 0.6) is 0 Å². The summed E-state index contributed by atoms with van der Waals surface area (Å²) in [6.45, 7) is 1.91. The van der Waals surface area contributed by atoms with Crippen LogP contribution in [-0.2, 0) is 0 Å². The molecule has 2 aromatic carbocycles. The highest BCUT2D eigenvalue weighted by Crippen LogP contribution is 2.32. The van der Waals surface area contributed by atoms with Gasteiger partial charge in [0.2, 0.25) is 0 Å². The molecule has 1 amide bonds. The summed E-state index contributed by atoms with van der Waals surface area (Å²) in [5, 5.41) is 4.42. The smallest absolute Gasteiger partial charge is 0.272 e. The number of carbonyl (C=O) groups excluding carboxylic acids is 1. The molecule has 1 aliphatic rings. The Hall–Kier alpha value is -2.30. The van der Waals surface area contributed by atoms with E-state index in [2.05, 4.69) is 5.32 Å². The van der Waals surface area contributed by atoms with Crippen molar-refractivity contribution in [1.29, 1.82) is 0 Å². The molecule has 1 heterocycles. The number of carbonyl (C=O) groups is 1. The Bertz CT molecular complexity index is 1020. The van der Waals surface area contributed by atoms with Gasteiger partial charge in [0.15, 0.2) is 0 Å². The van der Waals surface area contributed by atoms with Gasteiger partial charge in [-0.1, -0.05) is 54.6 Å². The maximum atomic E-state index is 13.1. The fraction of sp³-hybridized carbons (Fsp3) is 0.304. The summed E-state index contributed by atoms with van der Waals surface area (Å²) in [6.07, 6.45) is 5.62. The molecular weight excluding hydrogens is 405 g/mol. The van der Waals surface area contributed by atoms with Crippen molar-refractivity contribution < 1.29 is 4.79 Å². The van der Waals surface area contributed by atoms with Gasteiger partial charge in [-0.3, -0.25) is 9.36 Å². The van der Waals surface area contributed by atoms with Crippen LogP contribution in [-0.4, -0.2) is 21.5 Å². The highest BCUT2D eigenvalue weighted by Gasteiger charge is 2.25. The number of hydrogen-bond donors (Lipinski definition) is 1. The Morgan fingerprint density at radius 3 is 2.41 bits per heavy atom. The average molecular weight is 428 g/mol. The molecule has 0 spiro atoms. The van der Waals surface area contributed by atoms with Gasteiger partial charge in [0.1, 0.15) is 11.5 Å². The van der Waals surface area contributed by atoms with Crippen molar-refractivity contribution in [3.05, 3.63) is 70.0 Å². The van der Waals surface area contributed by atoms with Crippen molar-refractivity contribution in [3.8, 4) is 17.1 Å². The maximum absolute atomic E-state index is 13.1. The number of nitrogens with one attached hydrogen (secondary N) is 1. The third-order valence-electron chi connectivity index (χ3n) is 5.46. The van der Waals surface area contributed by atoms with Crippen molar-refractivity contribution in [1.82, 2.24) is 14.9 Å². The quantitative estimate of drug-likeness (QED) is 0.537. The predicted octanol–water partition coefficient (Wildman–Crippen LogP) is 6.22. The normalized spacial score (nSPS) is 14.7. The van der Waals surface area contributed by atoms with Gasteiger partial charge in [-0.2, -0.15) is 0 Å². The van der Waals surface area contributed by atoms with E-state index in [1.54, 1.807) is 0 Å². The van der Waals surface area contributed by atoms with Crippen LogP contribution in [0.4, 0.5) is 0 Å². The van der Waals surface area contributed by atoms with Crippen LogP contribution < -0.4 is 5.32 Å². The molecule has 0 saturated heterocycles. The zero-order chi connectivity index (χ0) is 20.4. The van der Waals surface area contributed by atoms with Crippen LogP contribution in [0.15, 0.2) is 48.5 Å². The summed E-state index contributed by atoms with van der Waals surface area (Å²) < 4.78 is 1.97. The van der Waals surface area contributed by atoms with Gasteiger partial charge in [-0.25, -0.2) is 4.98 Å². The zero-order valence-electron chi connectivity index (χ0n) is 16.3. The summed E-state index contributed by atoms with van der Waals surface area (Å²) in [6, 6.07) is 15.3. The average Bonchev–Trinajstić information content (AvgIpc) is 3.07. The fourth-order valence-corrected chi connectivity index (χ4v) is 4.29. The monoisotopic (exact) mass is 427 g/mol. The third kappa shape index (κ3) is 4.19. The van der Waals surface area contributed by atoms with Gasteiger partial charge in [-0.05, 0) is 56.2 Å². The highest BCUT2D eigenvalue weighted by molar-refractivity contribution is 6.33. The minimum atomic E-state index is -0.129.